The summed E-state index contributed by atoms with van der Waals surface area (Å²) in [6.45, 7) is 5.72. The molecule has 0 aromatic rings. The normalized spacial score (nSPS) is 16.5. The third-order valence-corrected chi connectivity index (χ3v) is 2.11. The van der Waals surface area contributed by atoms with Gasteiger partial charge in [-0.3, -0.25) is 4.79 Å². The van der Waals surface area contributed by atoms with Crippen LogP contribution >= 0.6 is 0 Å². The van der Waals surface area contributed by atoms with Crippen LogP contribution in [0.25, 0.3) is 0 Å². The maximum atomic E-state index is 11.0. The Morgan fingerprint density at radius 3 is 2.55 bits per heavy atom. The van der Waals surface area contributed by atoms with Gasteiger partial charge in [0.15, 0.2) is 0 Å². The van der Waals surface area contributed by atoms with E-state index in [1.54, 1.807) is 6.92 Å². The minimum Gasteiger partial charge on any atom is -0.343 e. The van der Waals surface area contributed by atoms with Crippen molar-refractivity contribution in [3.8, 4) is 0 Å². The van der Waals surface area contributed by atoms with Crippen LogP contribution in [-0.2, 0) is 4.79 Å². The van der Waals surface area contributed by atoms with Crippen LogP contribution in [0.4, 0.5) is 0 Å². The van der Waals surface area contributed by atoms with Crippen LogP contribution in [0, 0.1) is 5.92 Å². The Labute approximate surface area is 68.6 Å². The molecule has 0 N–H and O–H groups in total. The number of carbonyl (C=O) groups excluding carboxylic acids is 1. The third kappa shape index (κ3) is 2.91. The Hall–Kier alpha value is -0.530. The van der Waals surface area contributed by atoms with Crippen LogP contribution in [0.5, 0.6) is 0 Å². The fourth-order valence-electron chi connectivity index (χ4n) is 1.26. The second-order valence-electron chi connectivity index (χ2n) is 3.41. The minimum absolute atomic E-state index is 0.235. The molecule has 64 valence electrons. The molecule has 0 radical (unpaired) electrons. The molecule has 1 fully saturated rings. The summed E-state index contributed by atoms with van der Waals surface area (Å²) in [6.07, 6.45) is 3.73. The summed E-state index contributed by atoms with van der Waals surface area (Å²) in [7, 11) is 0. The molecule has 0 aliphatic heterocycles. The van der Waals surface area contributed by atoms with Gasteiger partial charge in [-0.2, -0.15) is 0 Å². The number of amides is 1. The topological polar surface area (TPSA) is 20.3 Å². The zero-order valence-electron chi connectivity index (χ0n) is 7.47. The average Bonchev–Trinajstić information content (AvgIpc) is 2.70. The molecule has 0 spiro atoms. The standard InChI is InChI=1S/C9H17NO/c1-3-6-10(8(2)11)7-9-4-5-9/h9H,3-7H2,1-2H3. The van der Waals surface area contributed by atoms with Gasteiger partial charge in [-0.05, 0) is 25.2 Å². The highest BCUT2D eigenvalue weighted by Gasteiger charge is 2.24. The maximum absolute atomic E-state index is 11.0. The van der Waals surface area contributed by atoms with Crippen molar-refractivity contribution in [1.82, 2.24) is 4.90 Å². The quantitative estimate of drug-likeness (QED) is 0.604. The lowest BCUT2D eigenvalue weighted by molar-refractivity contribution is -0.129. The molecule has 2 heteroatoms. The summed E-state index contributed by atoms with van der Waals surface area (Å²) in [5.74, 6) is 1.06. The fraction of sp³-hybridized carbons (Fsp3) is 0.889. The molecule has 0 bridgehead atoms. The lowest BCUT2D eigenvalue weighted by Crippen LogP contribution is -2.31. The Bertz CT molecular complexity index is 140. The number of hydrogen-bond donors (Lipinski definition) is 0. The monoisotopic (exact) mass is 155 g/mol. The second-order valence-corrected chi connectivity index (χ2v) is 3.41. The van der Waals surface area contributed by atoms with Crippen molar-refractivity contribution in [2.75, 3.05) is 13.1 Å². The number of carbonyl (C=O) groups is 1. The highest BCUT2D eigenvalue weighted by Crippen LogP contribution is 2.29. The van der Waals surface area contributed by atoms with Gasteiger partial charge in [0.25, 0.3) is 0 Å². The zero-order valence-corrected chi connectivity index (χ0v) is 7.47. The molecule has 1 rings (SSSR count). The lowest BCUT2D eigenvalue weighted by atomic mass is 10.3. The summed E-state index contributed by atoms with van der Waals surface area (Å²) < 4.78 is 0. The first-order valence-corrected chi connectivity index (χ1v) is 4.49. The van der Waals surface area contributed by atoms with Crippen LogP contribution in [-0.4, -0.2) is 23.9 Å². The first-order chi connectivity index (χ1) is 5.24. The first-order valence-electron chi connectivity index (χ1n) is 4.49. The molecule has 1 amide bonds. The molecule has 0 heterocycles. The Kier molecular flexibility index (Phi) is 2.92. The smallest absolute Gasteiger partial charge is 0.219 e. The van der Waals surface area contributed by atoms with Gasteiger partial charge >= 0.3 is 0 Å². The van der Waals surface area contributed by atoms with Gasteiger partial charge in [-0.25, -0.2) is 0 Å². The molecule has 0 saturated heterocycles. The van der Waals surface area contributed by atoms with Crippen LogP contribution in [0.3, 0.4) is 0 Å². The van der Waals surface area contributed by atoms with Gasteiger partial charge in [-0.15, -0.1) is 0 Å². The van der Waals surface area contributed by atoms with E-state index >= 15 is 0 Å². The van der Waals surface area contributed by atoms with Crippen molar-refractivity contribution in [3.63, 3.8) is 0 Å². The van der Waals surface area contributed by atoms with Crippen LogP contribution in [0.15, 0.2) is 0 Å². The number of hydrogen-bond acceptors (Lipinski definition) is 1. The largest absolute Gasteiger partial charge is 0.343 e. The maximum Gasteiger partial charge on any atom is 0.219 e. The Balaban J connectivity index is 2.24. The van der Waals surface area contributed by atoms with Gasteiger partial charge < -0.3 is 4.90 Å². The van der Waals surface area contributed by atoms with Crippen molar-refractivity contribution < 1.29 is 4.79 Å². The first kappa shape index (κ1) is 8.57. The van der Waals surface area contributed by atoms with Gasteiger partial charge in [0.2, 0.25) is 5.91 Å². The van der Waals surface area contributed by atoms with Crippen molar-refractivity contribution in [2.24, 2.45) is 5.92 Å². The second kappa shape index (κ2) is 3.74. The molecule has 0 aromatic heterocycles. The highest BCUT2D eigenvalue weighted by atomic mass is 16.2. The molecule has 0 atom stereocenters. The molecule has 11 heavy (non-hydrogen) atoms. The molecule has 1 aliphatic carbocycles. The van der Waals surface area contributed by atoms with Crippen molar-refractivity contribution >= 4 is 5.91 Å². The summed E-state index contributed by atoms with van der Waals surface area (Å²) in [4.78, 5) is 13.0. The van der Waals surface area contributed by atoms with Gasteiger partial charge in [0.05, 0.1) is 0 Å². The molecule has 0 unspecified atom stereocenters. The Morgan fingerprint density at radius 2 is 2.18 bits per heavy atom. The SMILES string of the molecule is CCCN(CC1CC1)C(C)=O. The molecule has 2 nitrogen and oxygen atoms in total. The fourth-order valence-corrected chi connectivity index (χ4v) is 1.26. The average molecular weight is 155 g/mol. The highest BCUT2D eigenvalue weighted by molar-refractivity contribution is 5.73. The van der Waals surface area contributed by atoms with E-state index < -0.39 is 0 Å². The van der Waals surface area contributed by atoms with E-state index in [1.165, 1.54) is 12.8 Å². The van der Waals surface area contributed by atoms with Gasteiger partial charge in [-0.1, -0.05) is 6.92 Å². The van der Waals surface area contributed by atoms with E-state index in [0.29, 0.717) is 0 Å². The van der Waals surface area contributed by atoms with Gasteiger partial charge in [0.1, 0.15) is 0 Å². The lowest BCUT2D eigenvalue weighted by Gasteiger charge is -2.19. The van der Waals surface area contributed by atoms with E-state index in [4.69, 9.17) is 0 Å². The van der Waals surface area contributed by atoms with E-state index in [1.807, 2.05) is 4.90 Å². The molecule has 1 aliphatic rings. The van der Waals surface area contributed by atoms with Crippen LogP contribution in [0.1, 0.15) is 33.1 Å². The summed E-state index contributed by atoms with van der Waals surface area (Å²) in [5, 5.41) is 0. The molecule has 0 aromatic carbocycles. The summed E-state index contributed by atoms with van der Waals surface area (Å²) >= 11 is 0. The van der Waals surface area contributed by atoms with Crippen molar-refractivity contribution in [3.05, 3.63) is 0 Å². The Morgan fingerprint density at radius 1 is 1.55 bits per heavy atom. The molecular formula is C9H17NO. The summed E-state index contributed by atoms with van der Waals surface area (Å²) in [6, 6.07) is 0. The third-order valence-electron chi connectivity index (χ3n) is 2.11. The van der Waals surface area contributed by atoms with Crippen molar-refractivity contribution in [2.45, 2.75) is 33.1 Å². The van der Waals surface area contributed by atoms with E-state index in [0.717, 1.165) is 25.4 Å². The molecule has 1 saturated carbocycles. The summed E-state index contributed by atoms with van der Waals surface area (Å²) in [5.41, 5.74) is 0. The minimum atomic E-state index is 0.235. The predicted octanol–water partition coefficient (Wildman–Crippen LogP) is 1.65. The number of rotatable bonds is 4. The molecular weight excluding hydrogens is 138 g/mol. The zero-order chi connectivity index (χ0) is 8.27. The van der Waals surface area contributed by atoms with E-state index in [-0.39, 0.29) is 5.91 Å². The van der Waals surface area contributed by atoms with Crippen LogP contribution < -0.4 is 0 Å². The predicted molar refractivity (Wildman–Crippen MR) is 45.3 cm³/mol. The van der Waals surface area contributed by atoms with E-state index in [9.17, 15) is 4.79 Å². The van der Waals surface area contributed by atoms with E-state index in [2.05, 4.69) is 6.92 Å². The number of nitrogens with zero attached hydrogens (tertiary/aromatic N) is 1. The van der Waals surface area contributed by atoms with Crippen molar-refractivity contribution in [1.29, 1.82) is 0 Å². The van der Waals surface area contributed by atoms with Gasteiger partial charge in [0, 0.05) is 20.0 Å². The van der Waals surface area contributed by atoms with Crippen LogP contribution in [0.2, 0.25) is 0 Å².